The molecule has 1 aromatic carbocycles. The number of para-hydroxylation sites is 2. The van der Waals surface area contributed by atoms with Gasteiger partial charge >= 0.3 is 5.97 Å². The summed E-state index contributed by atoms with van der Waals surface area (Å²) in [5, 5.41) is 15.6. The zero-order valence-electron chi connectivity index (χ0n) is 16.4. The Balaban J connectivity index is 1.48. The molecule has 156 valence electrons. The van der Waals surface area contributed by atoms with E-state index in [9.17, 15) is 9.59 Å². The molecule has 2 aromatic heterocycles. The predicted octanol–water partition coefficient (Wildman–Crippen LogP) is 2.74. The van der Waals surface area contributed by atoms with Gasteiger partial charge in [-0.15, -0.1) is 16.4 Å². The number of nitrogens with zero attached hydrogens (tertiary/aromatic N) is 4. The zero-order chi connectivity index (χ0) is 21.1. The summed E-state index contributed by atoms with van der Waals surface area (Å²) in [7, 11) is 2.92. The number of thiophene rings is 1. The molecule has 0 aliphatic heterocycles. The summed E-state index contributed by atoms with van der Waals surface area (Å²) in [4.78, 5) is 26.0. The van der Waals surface area contributed by atoms with E-state index in [2.05, 4.69) is 20.8 Å². The number of ether oxygens (including phenoxy) is 2. The van der Waals surface area contributed by atoms with E-state index in [0.717, 1.165) is 29.7 Å². The number of rotatable bonds is 7. The Morgan fingerprint density at radius 1 is 1.27 bits per heavy atom. The molecule has 0 atom stereocenters. The Bertz CT molecular complexity index is 1090. The Morgan fingerprint density at radius 3 is 2.90 bits per heavy atom. The van der Waals surface area contributed by atoms with Gasteiger partial charge in [0.1, 0.15) is 16.4 Å². The summed E-state index contributed by atoms with van der Waals surface area (Å²) in [6.07, 6.45) is 2.76. The molecular formula is C19H19N5O4S2. The maximum Gasteiger partial charge on any atom is 0.341 e. The third kappa shape index (κ3) is 3.90. The van der Waals surface area contributed by atoms with Gasteiger partial charge in [-0.2, -0.15) is 4.68 Å². The smallest absolute Gasteiger partial charge is 0.341 e. The summed E-state index contributed by atoms with van der Waals surface area (Å²) >= 11 is 2.64. The highest BCUT2D eigenvalue weighted by Crippen LogP contribution is 2.39. The standard InChI is InChI=1S/C19H19N5O4S2/c1-27-13-8-4-3-7-12(13)24-19(21-22-23-24)29-10-15(25)20-17-16(18(26)28-2)11-6-5-9-14(11)30-17/h3-4,7-8H,5-6,9-10H2,1-2H3,(H,20,25). The normalized spacial score (nSPS) is 12.5. The lowest BCUT2D eigenvalue weighted by atomic mass is 10.1. The molecule has 0 fully saturated rings. The van der Waals surface area contributed by atoms with E-state index < -0.39 is 5.97 Å². The number of tetrazole rings is 1. The van der Waals surface area contributed by atoms with E-state index in [1.54, 1.807) is 7.11 Å². The van der Waals surface area contributed by atoms with Gasteiger partial charge in [-0.3, -0.25) is 4.79 Å². The molecule has 4 rings (SSSR count). The minimum Gasteiger partial charge on any atom is -0.494 e. The first kappa shape index (κ1) is 20.4. The van der Waals surface area contributed by atoms with Crippen LogP contribution >= 0.6 is 23.1 Å². The first-order chi connectivity index (χ1) is 14.6. The Kier molecular flexibility index (Phi) is 6.00. The molecular weight excluding hydrogens is 426 g/mol. The lowest BCUT2D eigenvalue weighted by molar-refractivity contribution is -0.113. The van der Waals surface area contributed by atoms with Gasteiger partial charge in [0.2, 0.25) is 11.1 Å². The predicted molar refractivity (Wildman–Crippen MR) is 113 cm³/mol. The summed E-state index contributed by atoms with van der Waals surface area (Å²) in [6.45, 7) is 0. The monoisotopic (exact) mass is 445 g/mol. The van der Waals surface area contributed by atoms with E-state index in [0.29, 0.717) is 27.2 Å². The third-order valence-corrected chi connectivity index (χ3v) is 6.78. The highest BCUT2D eigenvalue weighted by atomic mass is 32.2. The molecule has 0 unspecified atom stereocenters. The van der Waals surface area contributed by atoms with Crippen molar-refractivity contribution in [2.24, 2.45) is 0 Å². The molecule has 1 N–H and O–H groups in total. The van der Waals surface area contributed by atoms with Crippen LogP contribution in [0.3, 0.4) is 0 Å². The number of methoxy groups -OCH3 is 2. The van der Waals surface area contributed by atoms with E-state index in [4.69, 9.17) is 9.47 Å². The lowest BCUT2D eigenvalue weighted by Gasteiger charge is -2.09. The van der Waals surface area contributed by atoms with Gasteiger partial charge in [-0.25, -0.2) is 4.79 Å². The number of aromatic nitrogens is 4. The number of carbonyl (C=O) groups excluding carboxylic acids is 2. The van der Waals surface area contributed by atoms with Gasteiger partial charge < -0.3 is 14.8 Å². The van der Waals surface area contributed by atoms with Crippen molar-refractivity contribution in [2.45, 2.75) is 24.4 Å². The fraction of sp³-hybridized carbons (Fsp3) is 0.316. The van der Waals surface area contributed by atoms with Gasteiger partial charge in [0.05, 0.1) is 25.5 Å². The lowest BCUT2D eigenvalue weighted by Crippen LogP contribution is -2.16. The summed E-state index contributed by atoms with van der Waals surface area (Å²) < 4.78 is 11.8. The van der Waals surface area contributed by atoms with Crippen LogP contribution in [0.5, 0.6) is 5.75 Å². The molecule has 1 aliphatic carbocycles. The van der Waals surface area contributed by atoms with Crippen molar-refractivity contribution >= 4 is 40.0 Å². The molecule has 0 bridgehead atoms. The Morgan fingerprint density at radius 2 is 2.10 bits per heavy atom. The Hall–Kier alpha value is -2.92. The number of hydrogen-bond donors (Lipinski definition) is 1. The molecule has 0 radical (unpaired) electrons. The molecule has 1 aliphatic rings. The fourth-order valence-corrected chi connectivity index (χ4v) is 5.31. The number of thioether (sulfide) groups is 1. The van der Waals surface area contributed by atoms with Crippen molar-refractivity contribution < 1.29 is 19.1 Å². The molecule has 9 nitrogen and oxygen atoms in total. The van der Waals surface area contributed by atoms with Crippen molar-refractivity contribution in [3.8, 4) is 11.4 Å². The molecule has 0 saturated heterocycles. The second kappa shape index (κ2) is 8.84. The number of esters is 1. The topological polar surface area (TPSA) is 108 Å². The summed E-state index contributed by atoms with van der Waals surface area (Å²) in [6, 6.07) is 7.34. The van der Waals surface area contributed by atoms with E-state index in [1.165, 1.54) is 34.9 Å². The number of nitrogens with one attached hydrogen (secondary N) is 1. The van der Waals surface area contributed by atoms with Crippen LogP contribution in [0, 0.1) is 0 Å². The second-order valence-corrected chi connectivity index (χ2v) is 8.48. The first-order valence-corrected chi connectivity index (χ1v) is 11.0. The summed E-state index contributed by atoms with van der Waals surface area (Å²) in [5.41, 5.74) is 2.15. The van der Waals surface area contributed by atoms with Crippen LogP contribution in [0.1, 0.15) is 27.2 Å². The van der Waals surface area contributed by atoms with Gasteiger partial charge in [-0.1, -0.05) is 23.9 Å². The van der Waals surface area contributed by atoms with Crippen molar-refractivity contribution in [1.82, 2.24) is 20.2 Å². The maximum absolute atomic E-state index is 12.6. The largest absolute Gasteiger partial charge is 0.494 e. The SMILES string of the molecule is COC(=O)c1c(NC(=O)CSc2nnnn2-c2ccccc2OC)sc2c1CCC2. The molecule has 3 aromatic rings. The highest BCUT2D eigenvalue weighted by Gasteiger charge is 2.28. The number of hydrogen-bond acceptors (Lipinski definition) is 9. The van der Waals surface area contributed by atoms with Gasteiger partial charge in [-0.05, 0) is 47.4 Å². The highest BCUT2D eigenvalue weighted by molar-refractivity contribution is 7.99. The molecule has 11 heteroatoms. The van der Waals surface area contributed by atoms with Crippen molar-refractivity contribution in [1.29, 1.82) is 0 Å². The number of benzene rings is 1. The van der Waals surface area contributed by atoms with Gasteiger partial charge in [0.15, 0.2) is 0 Å². The first-order valence-electron chi connectivity index (χ1n) is 9.19. The third-order valence-electron chi connectivity index (χ3n) is 4.65. The van der Waals surface area contributed by atoms with E-state index in [-0.39, 0.29) is 11.7 Å². The maximum atomic E-state index is 12.6. The average molecular weight is 446 g/mol. The van der Waals surface area contributed by atoms with Crippen LogP contribution in [0.4, 0.5) is 5.00 Å². The molecule has 0 spiro atoms. The zero-order valence-corrected chi connectivity index (χ0v) is 18.0. The van der Waals surface area contributed by atoms with Gasteiger partial charge in [0.25, 0.3) is 0 Å². The van der Waals surface area contributed by atoms with Crippen LogP contribution in [-0.4, -0.2) is 52.1 Å². The van der Waals surface area contributed by atoms with Crippen molar-refractivity contribution in [3.05, 3.63) is 40.3 Å². The van der Waals surface area contributed by atoms with Crippen molar-refractivity contribution in [3.63, 3.8) is 0 Å². The van der Waals surface area contributed by atoms with Crippen LogP contribution in [0.25, 0.3) is 5.69 Å². The minimum absolute atomic E-state index is 0.0820. The minimum atomic E-state index is -0.419. The average Bonchev–Trinajstić information content (AvgIpc) is 3.47. The number of anilines is 1. The molecule has 2 heterocycles. The quantitative estimate of drug-likeness (QED) is 0.437. The van der Waals surface area contributed by atoms with Crippen LogP contribution in [-0.2, 0) is 22.4 Å². The number of amides is 1. The van der Waals surface area contributed by atoms with Gasteiger partial charge in [0, 0.05) is 4.88 Å². The fourth-order valence-electron chi connectivity index (χ4n) is 3.33. The van der Waals surface area contributed by atoms with Crippen molar-refractivity contribution in [2.75, 3.05) is 25.3 Å². The van der Waals surface area contributed by atoms with E-state index >= 15 is 0 Å². The summed E-state index contributed by atoms with van der Waals surface area (Å²) in [5.74, 6) is 0.0302. The number of fused-ring (bicyclic) bond motifs is 1. The molecule has 30 heavy (non-hydrogen) atoms. The molecule has 1 amide bonds. The number of aryl methyl sites for hydroxylation is 1. The van der Waals surface area contributed by atoms with Crippen LogP contribution in [0.2, 0.25) is 0 Å². The van der Waals surface area contributed by atoms with E-state index in [1.807, 2.05) is 24.3 Å². The Labute approximate surface area is 180 Å². The van der Waals surface area contributed by atoms with Crippen LogP contribution < -0.4 is 10.1 Å². The second-order valence-electron chi connectivity index (χ2n) is 6.44. The number of carbonyl (C=O) groups is 2. The van der Waals surface area contributed by atoms with Crippen LogP contribution in [0.15, 0.2) is 29.4 Å². The molecule has 0 saturated carbocycles.